The first-order valence-corrected chi connectivity index (χ1v) is 10.2. The lowest BCUT2D eigenvalue weighted by Gasteiger charge is -2.31. The number of nitrogens with one attached hydrogen (secondary N) is 1. The van der Waals surface area contributed by atoms with Gasteiger partial charge in [-0.1, -0.05) is 23.7 Å². The molecule has 8 heteroatoms. The minimum atomic E-state index is -0.687. The maximum atomic E-state index is 13.7. The second-order valence-electron chi connectivity index (χ2n) is 7.27. The first kappa shape index (κ1) is 21.6. The number of rotatable bonds is 4. The lowest BCUT2D eigenvalue weighted by atomic mass is 9.95. The van der Waals surface area contributed by atoms with Gasteiger partial charge in [0.25, 0.3) is 5.91 Å². The first-order valence-electron chi connectivity index (χ1n) is 9.78. The molecule has 0 fully saturated rings. The molecule has 2 amide bonds. The van der Waals surface area contributed by atoms with Gasteiger partial charge >= 0.3 is 0 Å². The van der Waals surface area contributed by atoms with Crippen LogP contribution in [0.25, 0.3) is 0 Å². The van der Waals surface area contributed by atoms with Crippen LogP contribution in [-0.4, -0.2) is 37.5 Å². The monoisotopic (exact) mass is 454 g/mol. The zero-order valence-corrected chi connectivity index (χ0v) is 18.2. The van der Waals surface area contributed by atoms with E-state index in [-0.39, 0.29) is 18.0 Å². The third-order valence-electron chi connectivity index (χ3n) is 5.25. The SMILES string of the molecule is COc1cc(OC)cc(C(=O)N2CC(=O)Nc3ccc(Cl)cc3C2c2ccc(F)cc2)c1. The molecule has 6 nitrogen and oxygen atoms in total. The Morgan fingerprint density at radius 2 is 1.69 bits per heavy atom. The van der Waals surface area contributed by atoms with E-state index in [0.29, 0.717) is 33.3 Å². The standard InChI is InChI=1S/C24H20ClFN2O4/c1-31-18-9-15(10-19(12-18)32-2)24(30)28-13-22(29)27-21-8-5-16(25)11-20(21)23(28)14-3-6-17(26)7-4-14/h3-12,23H,13H2,1-2H3,(H,27,29). The summed E-state index contributed by atoms with van der Waals surface area (Å²) < 4.78 is 24.2. The van der Waals surface area contributed by atoms with Crippen molar-refractivity contribution in [1.82, 2.24) is 4.90 Å². The number of nitrogens with zero attached hydrogens (tertiary/aromatic N) is 1. The van der Waals surface area contributed by atoms with Gasteiger partial charge in [-0.2, -0.15) is 0 Å². The number of anilines is 1. The van der Waals surface area contributed by atoms with E-state index < -0.39 is 17.8 Å². The summed E-state index contributed by atoms with van der Waals surface area (Å²) in [4.78, 5) is 27.8. The van der Waals surface area contributed by atoms with Crippen molar-refractivity contribution in [3.05, 3.63) is 88.2 Å². The van der Waals surface area contributed by atoms with Crippen molar-refractivity contribution in [2.45, 2.75) is 6.04 Å². The van der Waals surface area contributed by atoms with E-state index in [0.717, 1.165) is 0 Å². The quantitative estimate of drug-likeness (QED) is 0.621. The maximum absolute atomic E-state index is 13.7. The summed E-state index contributed by atoms with van der Waals surface area (Å²) in [5, 5.41) is 3.27. The molecule has 32 heavy (non-hydrogen) atoms. The van der Waals surface area contributed by atoms with Crippen molar-refractivity contribution in [2.75, 3.05) is 26.1 Å². The number of benzene rings is 3. The molecular weight excluding hydrogens is 435 g/mol. The summed E-state index contributed by atoms with van der Waals surface area (Å²) in [5.74, 6) is -0.304. The normalized spacial score (nSPS) is 15.4. The van der Waals surface area contributed by atoms with Gasteiger partial charge in [0.2, 0.25) is 5.91 Å². The molecule has 1 aliphatic rings. The van der Waals surface area contributed by atoms with Crippen molar-refractivity contribution in [1.29, 1.82) is 0 Å². The molecule has 0 spiro atoms. The van der Waals surface area contributed by atoms with Crippen LogP contribution in [0.5, 0.6) is 11.5 Å². The van der Waals surface area contributed by atoms with E-state index in [1.165, 1.54) is 31.3 Å². The first-order chi connectivity index (χ1) is 15.4. The minimum Gasteiger partial charge on any atom is -0.497 e. The number of fused-ring (bicyclic) bond motifs is 1. The Kier molecular flexibility index (Phi) is 6.01. The lowest BCUT2D eigenvalue weighted by Crippen LogP contribution is -2.39. The maximum Gasteiger partial charge on any atom is 0.255 e. The number of amides is 2. The van der Waals surface area contributed by atoms with Crippen LogP contribution < -0.4 is 14.8 Å². The number of hydrogen-bond donors (Lipinski definition) is 1. The summed E-state index contributed by atoms with van der Waals surface area (Å²) in [6, 6.07) is 15.0. The van der Waals surface area contributed by atoms with Crippen LogP contribution >= 0.6 is 11.6 Å². The van der Waals surface area contributed by atoms with E-state index in [9.17, 15) is 14.0 Å². The Balaban J connectivity index is 1.89. The largest absolute Gasteiger partial charge is 0.497 e. The number of carbonyl (C=O) groups excluding carboxylic acids is 2. The van der Waals surface area contributed by atoms with Gasteiger partial charge in [0.15, 0.2) is 0 Å². The van der Waals surface area contributed by atoms with Gasteiger partial charge in [-0.3, -0.25) is 9.59 Å². The van der Waals surface area contributed by atoms with Crippen molar-refractivity contribution in [3.8, 4) is 11.5 Å². The molecule has 0 saturated heterocycles. The van der Waals surface area contributed by atoms with Crippen molar-refractivity contribution >= 4 is 29.1 Å². The van der Waals surface area contributed by atoms with Crippen molar-refractivity contribution < 1.29 is 23.5 Å². The van der Waals surface area contributed by atoms with Crippen LogP contribution in [0.1, 0.15) is 27.5 Å². The fourth-order valence-electron chi connectivity index (χ4n) is 3.77. The second-order valence-corrected chi connectivity index (χ2v) is 7.70. The third-order valence-corrected chi connectivity index (χ3v) is 5.49. The Morgan fingerprint density at radius 3 is 2.31 bits per heavy atom. The highest BCUT2D eigenvalue weighted by molar-refractivity contribution is 6.30. The predicted molar refractivity (Wildman–Crippen MR) is 119 cm³/mol. The molecule has 0 bridgehead atoms. The van der Waals surface area contributed by atoms with E-state index >= 15 is 0 Å². The van der Waals surface area contributed by atoms with E-state index in [1.807, 2.05) is 0 Å². The molecule has 0 aromatic heterocycles. The molecule has 1 unspecified atom stereocenters. The third kappa shape index (κ3) is 4.24. The van der Waals surface area contributed by atoms with E-state index in [1.54, 1.807) is 48.5 Å². The Labute approximate surface area is 189 Å². The molecular formula is C24H20ClFN2O4. The summed E-state index contributed by atoms with van der Waals surface area (Å²) in [6.07, 6.45) is 0. The second kappa shape index (κ2) is 8.88. The Bertz CT molecular complexity index is 1160. The van der Waals surface area contributed by atoms with Crippen LogP contribution in [0.15, 0.2) is 60.7 Å². The number of halogens is 2. The van der Waals surface area contributed by atoms with E-state index in [2.05, 4.69) is 5.32 Å². The van der Waals surface area contributed by atoms with Gasteiger partial charge < -0.3 is 19.7 Å². The topological polar surface area (TPSA) is 67.9 Å². The average molecular weight is 455 g/mol. The van der Waals surface area contributed by atoms with Gasteiger partial charge in [-0.05, 0) is 48.0 Å². The summed E-state index contributed by atoms with van der Waals surface area (Å²) in [7, 11) is 2.98. The zero-order chi connectivity index (χ0) is 22.8. The lowest BCUT2D eigenvalue weighted by molar-refractivity contribution is -0.117. The number of ether oxygens (including phenoxy) is 2. The van der Waals surface area contributed by atoms with Crippen molar-refractivity contribution in [3.63, 3.8) is 0 Å². The van der Waals surface area contributed by atoms with Gasteiger partial charge in [0.1, 0.15) is 23.9 Å². The highest BCUT2D eigenvalue weighted by Crippen LogP contribution is 2.38. The highest BCUT2D eigenvalue weighted by Gasteiger charge is 2.34. The molecule has 1 heterocycles. The summed E-state index contributed by atoms with van der Waals surface area (Å²) in [5.41, 5.74) is 2.08. The molecule has 1 atom stereocenters. The van der Waals surface area contributed by atoms with Crippen LogP contribution in [-0.2, 0) is 4.79 Å². The molecule has 3 aromatic rings. The smallest absolute Gasteiger partial charge is 0.255 e. The van der Waals surface area contributed by atoms with E-state index in [4.69, 9.17) is 21.1 Å². The van der Waals surface area contributed by atoms with Gasteiger partial charge in [-0.25, -0.2) is 4.39 Å². The zero-order valence-electron chi connectivity index (χ0n) is 17.4. The molecule has 0 saturated carbocycles. The highest BCUT2D eigenvalue weighted by atomic mass is 35.5. The Hall–Kier alpha value is -3.58. The average Bonchev–Trinajstić information content (AvgIpc) is 2.94. The molecule has 3 aromatic carbocycles. The number of carbonyl (C=O) groups is 2. The fourth-order valence-corrected chi connectivity index (χ4v) is 3.95. The molecule has 0 radical (unpaired) electrons. The number of hydrogen-bond acceptors (Lipinski definition) is 4. The van der Waals surface area contributed by atoms with Crippen molar-refractivity contribution in [2.24, 2.45) is 0 Å². The van der Waals surface area contributed by atoms with Crippen LogP contribution in [0, 0.1) is 5.82 Å². The predicted octanol–water partition coefficient (Wildman–Crippen LogP) is 4.68. The molecule has 1 N–H and O–H groups in total. The fraction of sp³-hybridized carbons (Fsp3) is 0.167. The number of methoxy groups -OCH3 is 2. The van der Waals surface area contributed by atoms with Gasteiger partial charge in [-0.15, -0.1) is 0 Å². The van der Waals surface area contributed by atoms with Gasteiger partial charge in [0, 0.05) is 27.9 Å². The summed E-state index contributed by atoms with van der Waals surface area (Å²) in [6.45, 7) is -0.216. The van der Waals surface area contributed by atoms with Crippen LogP contribution in [0.2, 0.25) is 5.02 Å². The minimum absolute atomic E-state index is 0.216. The van der Waals surface area contributed by atoms with Crippen LogP contribution in [0.3, 0.4) is 0 Å². The molecule has 0 aliphatic carbocycles. The Morgan fingerprint density at radius 1 is 1.03 bits per heavy atom. The van der Waals surface area contributed by atoms with Crippen LogP contribution in [0.4, 0.5) is 10.1 Å². The summed E-state index contributed by atoms with van der Waals surface area (Å²) >= 11 is 6.26. The molecule has 1 aliphatic heterocycles. The molecule has 164 valence electrons. The molecule has 4 rings (SSSR count). The van der Waals surface area contributed by atoms with Gasteiger partial charge in [0.05, 0.1) is 20.3 Å².